The maximum absolute atomic E-state index is 13.4. The minimum Gasteiger partial charge on any atom is -0.507 e. The molecule has 1 atom stereocenters. The molecule has 3 aromatic carbocycles. The number of fused-ring (bicyclic) bond motifs is 2. The van der Waals surface area contributed by atoms with Gasteiger partial charge in [0.15, 0.2) is 0 Å². The maximum atomic E-state index is 13.4. The molecule has 0 radical (unpaired) electrons. The van der Waals surface area contributed by atoms with E-state index in [9.17, 15) is 14.7 Å². The van der Waals surface area contributed by atoms with Gasteiger partial charge >= 0.3 is 0 Å². The summed E-state index contributed by atoms with van der Waals surface area (Å²) in [4.78, 5) is 34.7. The fraction of sp³-hybridized carbons (Fsp3) is 0.0714. The molecule has 6 rings (SSSR count). The Morgan fingerprint density at radius 1 is 0.824 bits per heavy atom. The molecule has 6 nitrogen and oxygen atoms in total. The first-order valence-electron chi connectivity index (χ1n) is 11.0. The Hall–Kier alpha value is -4.58. The smallest absolute Gasteiger partial charge is 0.300 e. The normalized spacial score (nSPS) is 17.8. The van der Waals surface area contributed by atoms with Crippen molar-refractivity contribution in [1.29, 1.82) is 0 Å². The van der Waals surface area contributed by atoms with E-state index in [1.807, 2.05) is 85.9 Å². The third-order valence-corrected chi connectivity index (χ3v) is 6.52. The van der Waals surface area contributed by atoms with Crippen molar-refractivity contribution in [3.63, 3.8) is 0 Å². The quantitative estimate of drug-likeness (QED) is 0.192. The molecule has 1 aliphatic heterocycles. The van der Waals surface area contributed by atoms with Gasteiger partial charge in [-0.05, 0) is 31.2 Å². The summed E-state index contributed by atoms with van der Waals surface area (Å²) >= 11 is 0. The Balaban J connectivity index is 1.63. The maximum Gasteiger partial charge on any atom is 0.300 e. The summed E-state index contributed by atoms with van der Waals surface area (Å²) in [6.07, 6.45) is 3.48. The summed E-state index contributed by atoms with van der Waals surface area (Å²) in [5, 5.41) is 13.2. The highest BCUT2D eigenvalue weighted by atomic mass is 16.3. The van der Waals surface area contributed by atoms with Crippen LogP contribution in [-0.2, 0) is 9.59 Å². The largest absolute Gasteiger partial charge is 0.507 e. The Labute approximate surface area is 195 Å². The van der Waals surface area contributed by atoms with Gasteiger partial charge in [0.25, 0.3) is 11.7 Å². The Morgan fingerprint density at radius 2 is 1.44 bits per heavy atom. The molecule has 6 heteroatoms. The fourth-order valence-electron chi connectivity index (χ4n) is 4.83. The molecule has 34 heavy (non-hydrogen) atoms. The number of aryl methyl sites for hydroxylation is 1. The SMILES string of the molecule is Cc1ccc(N2C(=O)C(=O)/C(=C(/O)c3c[nH]c4ccccc34)C2c2c[nH]c3ccccc23)cc1. The summed E-state index contributed by atoms with van der Waals surface area (Å²) in [7, 11) is 0. The summed E-state index contributed by atoms with van der Waals surface area (Å²) in [5.41, 5.74) is 4.67. The molecule has 1 aliphatic rings. The number of aromatic nitrogens is 2. The number of aliphatic hydroxyl groups excluding tert-OH is 1. The summed E-state index contributed by atoms with van der Waals surface area (Å²) in [5.74, 6) is -1.57. The fourth-order valence-corrected chi connectivity index (χ4v) is 4.83. The van der Waals surface area contributed by atoms with E-state index in [0.717, 1.165) is 32.9 Å². The number of anilines is 1. The van der Waals surface area contributed by atoms with Gasteiger partial charge in [0.1, 0.15) is 5.76 Å². The highest BCUT2D eigenvalue weighted by molar-refractivity contribution is 6.52. The van der Waals surface area contributed by atoms with Crippen molar-refractivity contribution in [3.05, 3.63) is 107 Å². The zero-order valence-corrected chi connectivity index (χ0v) is 18.4. The number of amides is 1. The number of nitrogens with zero attached hydrogens (tertiary/aromatic N) is 1. The molecule has 2 aromatic heterocycles. The van der Waals surface area contributed by atoms with E-state index in [2.05, 4.69) is 9.97 Å². The molecule has 1 unspecified atom stereocenters. The van der Waals surface area contributed by atoms with E-state index in [0.29, 0.717) is 11.3 Å². The van der Waals surface area contributed by atoms with Gasteiger partial charge in [0.2, 0.25) is 0 Å². The van der Waals surface area contributed by atoms with Crippen molar-refractivity contribution in [1.82, 2.24) is 9.97 Å². The number of rotatable bonds is 3. The average Bonchev–Trinajstić information content (AvgIpc) is 3.54. The van der Waals surface area contributed by atoms with Crippen molar-refractivity contribution in [2.24, 2.45) is 0 Å². The predicted molar refractivity (Wildman–Crippen MR) is 133 cm³/mol. The number of hydrogen-bond acceptors (Lipinski definition) is 3. The van der Waals surface area contributed by atoms with E-state index >= 15 is 0 Å². The van der Waals surface area contributed by atoms with Crippen molar-refractivity contribution in [2.75, 3.05) is 4.90 Å². The van der Waals surface area contributed by atoms with Crippen LogP contribution in [0, 0.1) is 6.92 Å². The summed E-state index contributed by atoms with van der Waals surface area (Å²) < 4.78 is 0. The predicted octanol–water partition coefficient (Wildman–Crippen LogP) is 5.58. The van der Waals surface area contributed by atoms with Gasteiger partial charge in [-0.1, -0.05) is 54.1 Å². The molecule has 0 aliphatic carbocycles. The van der Waals surface area contributed by atoms with Crippen LogP contribution in [0.2, 0.25) is 0 Å². The highest BCUT2D eigenvalue weighted by Gasteiger charge is 2.47. The Kier molecular flexibility index (Phi) is 4.42. The number of Topliss-reactive ketones (excluding diaryl/α,β-unsaturated/α-hetero) is 1. The second-order valence-electron chi connectivity index (χ2n) is 8.54. The molecule has 0 saturated carbocycles. The number of para-hydroxylation sites is 2. The second-order valence-corrected chi connectivity index (χ2v) is 8.54. The molecule has 166 valence electrons. The van der Waals surface area contributed by atoms with Crippen LogP contribution in [0.3, 0.4) is 0 Å². The number of carbonyl (C=O) groups excluding carboxylic acids is 2. The standard InChI is InChI=1S/C28H21N3O3/c1-16-10-12-17(13-11-16)31-25(20-14-29-22-8-4-2-6-18(20)22)24(27(33)28(31)34)26(32)21-15-30-23-9-5-3-7-19(21)23/h2-15,25,29-30,32H,1H3/b26-24+. The Morgan fingerprint density at radius 3 is 2.18 bits per heavy atom. The number of hydrogen-bond donors (Lipinski definition) is 3. The number of H-pyrrole nitrogens is 2. The lowest BCUT2D eigenvalue weighted by Gasteiger charge is -2.25. The third-order valence-electron chi connectivity index (χ3n) is 6.52. The second kappa shape index (κ2) is 7.49. The van der Waals surface area contributed by atoms with Gasteiger partial charge in [-0.3, -0.25) is 14.5 Å². The van der Waals surface area contributed by atoms with Crippen molar-refractivity contribution >= 4 is 44.9 Å². The lowest BCUT2D eigenvalue weighted by atomic mass is 9.94. The van der Waals surface area contributed by atoms with Crippen LogP contribution in [0.5, 0.6) is 0 Å². The number of aliphatic hydroxyl groups is 1. The van der Waals surface area contributed by atoms with Crippen molar-refractivity contribution in [2.45, 2.75) is 13.0 Å². The first-order valence-corrected chi connectivity index (χ1v) is 11.0. The van der Waals surface area contributed by atoms with Crippen LogP contribution in [0.25, 0.3) is 27.6 Å². The monoisotopic (exact) mass is 447 g/mol. The Bertz CT molecular complexity index is 1620. The molecule has 3 N–H and O–H groups in total. The molecule has 5 aromatic rings. The molecule has 0 spiro atoms. The van der Waals surface area contributed by atoms with Gasteiger partial charge < -0.3 is 15.1 Å². The van der Waals surface area contributed by atoms with Gasteiger partial charge in [-0.2, -0.15) is 0 Å². The van der Waals surface area contributed by atoms with E-state index in [1.54, 1.807) is 6.20 Å². The van der Waals surface area contributed by atoms with Crippen LogP contribution >= 0.6 is 0 Å². The number of benzene rings is 3. The molecule has 1 saturated heterocycles. The van der Waals surface area contributed by atoms with E-state index in [-0.39, 0.29) is 11.3 Å². The van der Waals surface area contributed by atoms with E-state index in [4.69, 9.17) is 0 Å². The highest BCUT2D eigenvalue weighted by Crippen LogP contribution is 2.44. The van der Waals surface area contributed by atoms with Crippen LogP contribution in [0.4, 0.5) is 5.69 Å². The van der Waals surface area contributed by atoms with Crippen LogP contribution in [0.15, 0.2) is 90.8 Å². The molecular weight excluding hydrogens is 426 g/mol. The zero-order chi connectivity index (χ0) is 23.4. The summed E-state index contributed by atoms with van der Waals surface area (Å²) in [6, 6.07) is 21.9. The third kappa shape index (κ3) is 2.89. The van der Waals surface area contributed by atoms with Gasteiger partial charge in [0.05, 0.1) is 11.6 Å². The van der Waals surface area contributed by atoms with Gasteiger partial charge in [0, 0.05) is 51.0 Å². The summed E-state index contributed by atoms with van der Waals surface area (Å²) in [6.45, 7) is 1.96. The number of aromatic amines is 2. The van der Waals surface area contributed by atoms with Crippen LogP contribution in [-0.4, -0.2) is 26.8 Å². The molecule has 0 bridgehead atoms. The molecule has 3 heterocycles. The van der Waals surface area contributed by atoms with Crippen molar-refractivity contribution < 1.29 is 14.7 Å². The number of nitrogens with one attached hydrogen (secondary N) is 2. The van der Waals surface area contributed by atoms with Crippen LogP contribution in [0.1, 0.15) is 22.7 Å². The van der Waals surface area contributed by atoms with Crippen LogP contribution < -0.4 is 4.90 Å². The topological polar surface area (TPSA) is 89.2 Å². The molecule has 1 amide bonds. The lowest BCUT2D eigenvalue weighted by Crippen LogP contribution is -2.29. The minimum atomic E-state index is -0.785. The number of ketones is 1. The number of carbonyl (C=O) groups is 2. The minimum absolute atomic E-state index is 0.0695. The van der Waals surface area contributed by atoms with E-state index in [1.165, 1.54) is 4.90 Å². The van der Waals surface area contributed by atoms with E-state index < -0.39 is 17.7 Å². The van der Waals surface area contributed by atoms with Crippen molar-refractivity contribution in [3.8, 4) is 0 Å². The van der Waals surface area contributed by atoms with Gasteiger partial charge in [-0.15, -0.1) is 0 Å². The average molecular weight is 447 g/mol. The first kappa shape index (κ1) is 20.1. The zero-order valence-electron chi connectivity index (χ0n) is 18.4. The van der Waals surface area contributed by atoms with Gasteiger partial charge in [-0.25, -0.2) is 0 Å². The molecular formula is C28H21N3O3. The first-order chi connectivity index (χ1) is 16.5. The molecule has 1 fully saturated rings. The lowest BCUT2D eigenvalue weighted by molar-refractivity contribution is -0.132.